The zero-order valence-electron chi connectivity index (χ0n) is 11.7. The van der Waals surface area contributed by atoms with E-state index in [9.17, 15) is 9.90 Å². The Balaban J connectivity index is 2.70. The van der Waals surface area contributed by atoms with E-state index in [0.717, 1.165) is 25.9 Å². The first-order chi connectivity index (χ1) is 8.55. The SMILES string of the molecule is COCC1(C(=O)NC(CO)C(C)C)CCNCC1. The maximum Gasteiger partial charge on any atom is 0.228 e. The quantitative estimate of drug-likeness (QED) is 0.633. The summed E-state index contributed by atoms with van der Waals surface area (Å²) in [5, 5.41) is 15.5. The summed E-state index contributed by atoms with van der Waals surface area (Å²) >= 11 is 0. The monoisotopic (exact) mass is 258 g/mol. The van der Waals surface area contributed by atoms with Crippen LogP contribution in [0.1, 0.15) is 26.7 Å². The zero-order chi connectivity index (χ0) is 13.6. The van der Waals surface area contributed by atoms with Gasteiger partial charge in [-0.1, -0.05) is 13.8 Å². The predicted molar refractivity (Wildman–Crippen MR) is 70.3 cm³/mol. The van der Waals surface area contributed by atoms with Gasteiger partial charge in [-0.25, -0.2) is 0 Å². The molecule has 0 bridgehead atoms. The molecule has 1 amide bonds. The summed E-state index contributed by atoms with van der Waals surface area (Å²) < 4.78 is 5.23. The fourth-order valence-corrected chi connectivity index (χ4v) is 2.36. The average molecular weight is 258 g/mol. The minimum absolute atomic E-state index is 0.0126. The molecule has 5 heteroatoms. The van der Waals surface area contributed by atoms with Gasteiger partial charge in [0.2, 0.25) is 5.91 Å². The van der Waals surface area contributed by atoms with Crippen LogP contribution in [0.5, 0.6) is 0 Å². The molecule has 1 aliphatic heterocycles. The lowest BCUT2D eigenvalue weighted by Crippen LogP contribution is -2.54. The first kappa shape index (κ1) is 15.4. The second kappa shape index (κ2) is 7.07. The van der Waals surface area contributed by atoms with Crippen molar-refractivity contribution >= 4 is 5.91 Å². The van der Waals surface area contributed by atoms with Gasteiger partial charge in [0.05, 0.1) is 24.7 Å². The van der Waals surface area contributed by atoms with Crippen molar-refractivity contribution in [1.29, 1.82) is 0 Å². The summed E-state index contributed by atoms with van der Waals surface area (Å²) in [5.74, 6) is 0.235. The molecule has 0 aromatic rings. The molecule has 106 valence electrons. The van der Waals surface area contributed by atoms with Crippen LogP contribution < -0.4 is 10.6 Å². The highest BCUT2D eigenvalue weighted by Gasteiger charge is 2.40. The third-order valence-electron chi connectivity index (χ3n) is 3.78. The lowest BCUT2D eigenvalue weighted by molar-refractivity contribution is -0.137. The number of ether oxygens (including phenoxy) is 1. The van der Waals surface area contributed by atoms with E-state index in [1.807, 2.05) is 13.8 Å². The lowest BCUT2D eigenvalue weighted by Gasteiger charge is -2.37. The third-order valence-corrected chi connectivity index (χ3v) is 3.78. The first-order valence-corrected chi connectivity index (χ1v) is 6.67. The number of methoxy groups -OCH3 is 1. The Kier molecular flexibility index (Phi) is 6.05. The summed E-state index contributed by atoms with van der Waals surface area (Å²) in [4.78, 5) is 12.5. The average Bonchev–Trinajstić information content (AvgIpc) is 2.36. The van der Waals surface area contributed by atoms with Gasteiger partial charge >= 0.3 is 0 Å². The molecule has 1 unspecified atom stereocenters. The number of rotatable bonds is 6. The van der Waals surface area contributed by atoms with Crippen molar-refractivity contribution in [3.8, 4) is 0 Å². The molecule has 0 aromatic heterocycles. The third kappa shape index (κ3) is 3.67. The summed E-state index contributed by atoms with van der Waals surface area (Å²) in [6, 6.07) is -0.180. The Morgan fingerprint density at radius 1 is 1.44 bits per heavy atom. The van der Waals surface area contributed by atoms with Gasteiger partial charge in [0.25, 0.3) is 0 Å². The van der Waals surface area contributed by atoms with Crippen LogP contribution in [0.4, 0.5) is 0 Å². The number of amides is 1. The maximum absolute atomic E-state index is 12.5. The van der Waals surface area contributed by atoms with E-state index in [-0.39, 0.29) is 24.5 Å². The second-order valence-corrected chi connectivity index (χ2v) is 5.47. The number of carbonyl (C=O) groups excluding carboxylic acids is 1. The van der Waals surface area contributed by atoms with Crippen molar-refractivity contribution in [2.75, 3.05) is 33.4 Å². The molecule has 1 atom stereocenters. The van der Waals surface area contributed by atoms with Gasteiger partial charge in [0.15, 0.2) is 0 Å². The summed E-state index contributed by atoms with van der Waals surface area (Å²) in [7, 11) is 1.63. The summed E-state index contributed by atoms with van der Waals surface area (Å²) in [5.41, 5.74) is -0.442. The van der Waals surface area contributed by atoms with Crippen LogP contribution in [0.25, 0.3) is 0 Å². The van der Waals surface area contributed by atoms with Crippen molar-refractivity contribution in [3.05, 3.63) is 0 Å². The Morgan fingerprint density at radius 2 is 2.06 bits per heavy atom. The number of aliphatic hydroxyl groups excluding tert-OH is 1. The normalized spacial score (nSPS) is 20.7. The van der Waals surface area contributed by atoms with Crippen molar-refractivity contribution in [1.82, 2.24) is 10.6 Å². The molecule has 1 aliphatic rings. The molecule has 18 heavy (non-hydrogen) atoms. The highest BCUT2D eigenvalue weighted by Crippen LogP contribution is 2.29. The molecule has 0 aliphatic carbocycles. The largest absolute Gasteiger partial charge is 0.394 e. The Hall–Kier alpha value is -0.650. The number of piperidine rings is 1. The number of carbonyl (C=O) groups is 1. The van der Waals surface area contributed by atoms with Crippen LogP contribution in [0.2, 0.25) is 0 Å². The molecule has 1 heterocycles. The Labute approximate surface area is 109 Å². The van der Waals surface area contributed by atoms with Crippen molar-refractivity contribution in [2.24, 2.45) is 11.3 Å². The van der Waals surface area contributed by atoms with Crippen LogP contribution >= 0.6 is 0 Å². The van der Waals surface area contributed by atoms with Crippen LogP contribution in [-0.4, -0.2) is 50.5 Å². The van der Waals surface area contributed by atoms with Crippen LogP contribution in [0, 0.1) is 11.3 Å². The topological polar surface area (TPSA) is 70.6 Å². The van der Waals surface area contributed by atoms with Crippen LogP contribution in [0.15, 0.2) is 0 Å². The molecular weight excluding hydrogens is 232 g/mol. The van der Waals surface area contributed by atoms with Gasteiger partial charge in [-0.2, -0.15) is 0 Å². The molecule has 0 saturated carbocycles. The lowest BCUT2D eigenvalue weighted by atomic mass is 9.78. The van der Waals surface area contributed by atoms with E-state index in [1.54, 1.807) is 7.11 Å². The van der Waals surface area contributed by atoms with Gasteiger partial charge in [-0.3, -0.25) is 4.79 Å². The molecule has 0 aromatic carbocycles. The van der Waals surface area contributed by atoms with Crippen LogP contribution in [0.3, 0.4) is 0 Å². The van der Waals surface area contributed by atoms with Crippen molar-refractivity contribution < 1.29 is 14.6 Å². The minimum atomic E-state index is -0.442. The highest BCUT2D eigenvalue weighted by molar-refractivity contribution is 5.83. The molecule has 1 saturated heterocycles. The van der Waals surface area contributed by atoms with Gasteiger partial charge in [0, 0.05) is 7.11 Å². The van der Waals surface area contributed by atoms with E-state index < -0.39 is 5.41 Å². The van der Waals surface area contributed by atoms with Crippen molar-refractivity contribution in [2.45, 2.75) is 32.7 Å². The minimum Gasteiger partial charge on any atom is -0.394 e. The Morgan fingerprint density at radius 3 is 2.50 bits per heavy atom. The Bertz CT molecular complexity index is 257. The number of aliphatic hydroxyl groups is 1. The standard InChI is InChI=1S/C13H26N2O3/c1-10(2)11(8-16)15-12(17)13(9-18-3)4-6-14-7-5-13/h10-11,14,16H,4-9H2,1-3H3,(H,15,17). The fourth-order valence-electron chi connectivity index (χ4n) is 2.36. The number of hydrogen-bond acceptors (Lipinski definition) is 4. The van der Waals surface area contributed by atoms with Gasteiger partial charge in [0.1, 0.15) is 0 Å². The molecule has 0 spiro atoms. The van der Waals surface area contributed by atoms with E-state index in [1.165, 1.54) is 0 Å². The zero-order valence-corrected chi connectivity index (χ0v) is 11.7. The van der Waals surface area contributed by atoms with Crippen molar-refractivity contribution in [3.63, 3.8) is 0 Å². The molecule has 3 N–H and O–H groups in total. The summed E-state index contributed by atoms with van der Waals surface area (Å²) in [6.07, 6.45) is 1.56. The molecule has 0 radical (unpaired) electrons. The van der Waals surface area contributed by atoms with Gasteiger partial charge in [-0.15, -0.1) is 0 Å². The van der Waals surface area contributed by atoms with E-state index in [0.29, 0.717) is 6.61 Å². The predicted octanol–water partition coefficient (Wildman–Crippen LogP) is 0.136. The summed E-state index contributed by atoms with van der Waals surface area (Å²) in [6.45, 7) is 6.07. The van der Waals surface area contributed by atoms with E-state index in [2.05, 4.69) is 10.6 Å². The second-order valence-electron chi connectivity index (χ2n) is 5.47. The van der Waals surface area contributed by atoms with Gasteiger partial charge < -0.3 is 20.5 Å². The van der Waals surface area contributed by atoms with Crippen LogP contribution in [-0.2, 0) is 9.53 Å². The number of nitrogens with one attached hydrogen (secondary N) is 2. The van der Waals surface area contributed by atoms with E-state index in [4.69, 9.17) is 4.74 Å². The molecule has 1 fully saturated rings. The molecular formula is C13H26N2O3. The highest BCUT2D eigenvalue weighted by atomic mass is 16.5. The van der Waals surface area contributed by atoms with Gasteiger partial charge in [-0.05, 0) is 31.8 Å². The molecule has 1 rings (SSSR count). The molecule has 5 nitrogen and oxygen atoms in total. The fraction of sp³-hybridized carbons (Fsp3) is 0.923. The first-order valence-electron chi connectivity index (χ1n) is 6.67. The number of hydrogen-bond donors (Lipinski definition) is 3. The maximum atomic E-state index is 12.5. The van der Waals surface area contributed by atoms with E-state index >= 15 is 0 Å². The smallest absolute Gasteiger partial charge is 0.228 e.